The van der Waals surface area contributed by atoms with Crippen molar-refractivity contribution in [3.63, 3.8) is 0 Å². The number of nitrogens with one attached hydrogen (secondary N) is 1. The Kier molecular flexibility index (Phi) is 5.27. The van der Waals surface area contributed by atoms with Crippen molar-refractivity contribution in [2.24, 2.45) is 0 Å². The van der Waals surface area contributed by atoms with E-state index in [1.165, 1.54) is 18.2 Å². The summed E-state index contributed by atoms with van der Waals surface area (Å²) in [6, 6.07) is 15.2. The molecule has 2 aromatic carbocycles. The first-order valence-electron chi connectivity index (χ1n) is 7.73. The standard InChI is InChI=1S/C18H17FN2O2S2/c1-13-16(24-18(21-13)14-7-3-2-4-8-14)11-12-20-25(22,23)17-10-6-5-9-15(17)19/h2-10,20H,11-12H2,1H3. The third kappa shape index (κ3) is 4.12. The molecule has 0 aliphatic rings. The van der Waals surface area contributed by atoms with Gasteiger partial charge in [-0.15, -0.1) is 11.3 Å². The molecular weight excluding hydrogens is 359 g/mol. The second-order valence-corrected chi connectivity index (χ2v) is 8.29. The average Bonchev–Trinajstić information content (AvgIpc) is 2.97. The summed E-state index contributed by atoms with van der Waals surface area (Å²) in [5.41, 5.74) is 1.92. The van der Waals surface area contributed by atoms with Crippen molar-refractivity contribution in [2.45, 2.75) is 18.2 Å². The number of sulfonamides is 1. The summed E-state index contributed by atoms with van der Waals surface area (Å²) in [5, 5.41) is 0.907. The zero-order chi connectivity index (χ0) is 17.9. The number of nitrogens with zero attached hydrogens (tertiary/aromatic N) is 1. The molecule has 3 aromatic rings. The summed E-state index contributed by atoms with van der Waals surface area (Å²) < 4.78 is 40.5. The zero-order valence-corrected chi connectivity index (χ0v) is 15.2. The fraction of sp³-hybridized carbons (Fsp3) is 0.167. The highest BCUT2D eigenvalue weighted by Crippen LogP contribution is 2.28. The van der Waals surface area contributed by atoms with Crippen LogP contribution in [0, 0.1) is 12.7 Å². The van der Waals surface area contributed by atoms with E-state index in [0.29, 0.717) is 6.42 Å². The molecule has 0 unspecified atom stereocenters. The van der Waals surface area contributed by atoms with Crippen LogP contribution < -0.4 is 4.72 Å². The number of hydrogen-bond acceptors (Lipinski definition) is 4. The Labute approximate surface area is 150 Å². The molecule has 1 N–H and O–H groups in total. The molecule has 0 spiro atoms. The Balaban J connectivity index is 1.69. The van der Waals surface area contributed by atoms with E-state index < -0.39 is 15.8 Å². The van der Waals surface area contributed by atoms with E-state index in [9.17, 15) is 12.8 Å². The van der Waals surface area contributed by atoms with Gasteiger partial charge in [-0.05, 0) is 25.5 Å². The van der Waals surface area contributed by atoms with Gasteiger partial charge in [-0.2, -0.15) is 0 Å². The molecule has 0 saturated heterocycles. The van der Waals surface area contributed by atoms with E-state index in [0.717, 1.165) is 27.2 Å². The lowest BCUT2D eigenvalue weighted by atomic mass is 10.2. The van der Waals surface area contributed by atoms with E-state index in [2.05, 4.69) is 9.71 Å². The highest BCUT2D eigenvalue weighted by atomic mass is 32.2. The van der Waals surface area contributed by atoms with Crippen LogP contribution in [0.3, 0.4) is 0 Å². The Morgan fingerprint density at radius 1 is 1.08 bits per heavy atom. The number of hydrogen-bond donors (Lipinski definition) is 1. The second kappa shape index (κ2) is 7.43. The zero-order valence-electron chi connectivity index (χ0n) is 13.6. The molecule has 1 aromatic heterocycles. The van der Waals surface area contributed by atoms with Crippen molar-refractivity contribution in [1.82, 2.24) is 9.71 Å². The van der Waals surface area contributed by atoms with Crippen molar-refractivity contribution >= 4 is 21.4 Å². The van der Waals surface area contributed by atoms with Crippen molar-refractivity contribution in [3.05, 3.63) is 71.0 Å². The number of aromatic nitrogens is 1. The molecule has 0 amide bonds. The summed E-state index contributed by atoms with van der Waals surface area (Å²) in [7, 11) is -3.86. The summed E-state index contributed by atoms with van der Waals surface area (Å²) >= 11 is 1.54. The first-order valence-corrected chi connectivity index (χ1v) is 10.0. The summed E-state index contributed by atoms with van der Waals surface area (Å²) in [6.07, 6.45) is 0.504. The molecule has 7 heteroatoms. The van der Waals surface area contributed by atoms with Gasteiger partial charge in [-0.3, -0.25) is 0 Å². The molecule has 0 atom stereocenters. The van der Waals surface area contributed by atoms with Gasteiger partial charge in [0.25, 0.3) is 0 Å². The smallest absolute Gasteiger partial charge is 0.241 e. The monoisotopic (exact) mass is 376 g/mol. The fourth-order valence-electron chi connectivity index (χ4n) is 2.40. The van der Waals surface area contributed by atoms with Crippen LogP contribution in [0.5, 0.6) is 0 Å². The van der Waals surface area contributed by atoms with Gasteiger partial charge in [0.2, 0.25) is 10.0 Å². The lowest BCUT2D eigenvalue weighted by molar-refractivity contribution is 0.557. The highest BCUT2D eigenvalue weighted by Gasteiger charge is 2.18. The van der Waals surface area contributed by atoms with Gasteiger partial charge < -0.3 is 0 Å². The first kappa shape index (κ1) is 17.7. The number of thiazole rings is 1. The number of halogens is 1. The van der Waals surface area contributed by atoms with E-state index in [-0.39, 0.29) is 11.4 Å². The third-order valence-electron chi connectivity index (χ3n) is 3.68. The molecule has 0 aliphatic heterocycles. The minimum atomic E-state index is -3.86. The van der Waals surface area contributed by atoms with Crippen LogP contribution in [0.25, 0.3) is 10.6 Å². The molecule has 3 rings (SSSR count). The maximum absolute atomic E-state index is 13.7. The van der Waals surface area contributed by atoms with Crippen molar-refractivity contribution in [2.75, 3.05) is 6.54 Å². The predicted molar refractivity (Wildman–Crippen MR) is 97.6 cm³/mol. The largest absolute Gasteiger partial charge is 0.243 e. The van der Waals surface area contributed by atoms with Crippen LogP contribution >= 0.6 is 11.3 Å². The molecule has 130 valence electrons. The van der Waals surface area contributed by atoms with Crippen LogP contribution in [-0.4, -0.2) is 19.9 Å². The van der Waals surface area contributed by atoms with Gasteiger partial charge in [0.15, 0.2) is 0 Å². The van der Waals surface area contributed by atoms with Crippen LogP contribution in [0.1, 0.15) is 10.6 Å². The van der Waals surface area contributed by atoms with Gasteiger partial charge in [0, 0.05) is 17.0 Å². The fourth-order valence-corrected chi connectivity index (χ4v) is 4.58. The van der Waals surface area contributed by atoms with E-state index in [1.807, 2.05) is 37.3 Å². The second-order valence-electron chi connectivity index (χ2n) is 5.47. The Hall–Kier alpha value is -2.09. The summed E-state index contributed by atoms with van der Waals surface area (Å²) in [6.45, 7) is 2.09. The highest BCUT2D eigenvalue weighted by molar-refractivity contribution is 7.89. The van der Waals surface area contributed by atoms with E-state index in [4.69, 9.17) is 0 Å². The van der Waals surface area contributed by atoms with Crippen LogP contribution in [-0.2, 0) is 16.4 Å². The topological polar surface area (TPSA) is 59.1 Å². The summed E-state index contributed by atoms with van der Waals surface area (Å²) in [4.78, 5) is 5.23. The molecule has 25 heavy (non-hydrogen) atoms. The van der Waals surface area contributed by atoms with Crippen molar-refractivity contribution < 1.29 is 12.8 Å². The first-order chi connectivity index (χ1) is 12.0. The van der Waals surface area contributed by atoms with Gasteiger partial charge in [-0.1, -0.05) is 42.5 Å². The number of rotatable bonds is 6. The predicted octanol–water partition coefficient (Wildman–Crippen LogP) is 3.78. The van der Waals surface area contributed by atoms with Crippen LogP contribution in [0.15, 0.2) is 59.5 Å². The molecule has 0 saturated carbocycles. The summed E-state index contributed by atoms with van der Waals surface area (Å²) in [5.74, 6) is -0.754. The van der Waals surface area contributed by atoms with Crippen molar-refractivity contribution in [3.8, 4) is 10.6 Å². The van der Waals surface area contributed by atoms with Crippen LogP contribution in [0.2, 0.25) is 0 Å². The normalized spacial score (nSPS) is 11.6. The van der Waals surface area contributed by atoms with E-state index in [1.54, 1.807) is 11.3 Å². The minimum absolute atomic E-state index is 0.188. The Bertz CT molecular complexity index is 970. The van der Waals surface area contributed by atoms with Crippen molar-refractivity contribution in [1.29, 1.82) is 0 Å². The van der Waals surface area contributed by atoms with Gasteiger partial charge in [0.05, 0.1) is 5.69 Å². The molecule has 4 nitrogen and oxygen atoms in total. The Morgan fingerprint density at radius 3 is 2.48 bits per heavy atom. The number of aryl methyl sites for hydroxylation is 1. The molecule has 0 aliphatic carbocycles. The molecule has 1 heterocycles. The minimum Gasteiger partial charge on any atom is -0.241 e. The van der Waals surface area contributed by atoms with Crippen LogP contribution in [0.4, 0.5) is 4.39 Å². The van der Waals surface area contributed by atoms with E-state index >= 15 is 0 Å². The molecular formula is C18H17FN2O2S2. The van der Waals surface area contributed by atoms with Gasteiger partial charge >= 0.3 is 0 Å². The SMILES string of the molecule is Cc1nc(-c2ccccc2)sc1CCNS(=O)(=O)c1ccccc1F. The number of benzene rings is 2. The Morgan fingerprint density at radius 2 is 1.76 bits per heavy atom. The maximum atomic E-state index is 13.7. The quantitative estimate of drug-likeness (QED) is 0.712. The maximum Gasteiger partial charge on any atom is 0.243 e. The molecule has 0 bridgehead atoms. The lowest BCUT2D eigenvalue weighted by Gasteiger charge is -2.07. The lowest BCUT2D eigenvalue weighted by Crippen LogP contribution is -2.26. The van der Waals surface area contributed by atoms with Gasteiger partial charge in [0.1, 0.15) is 15.7 Å². The van der Waals surface area contributed by atoms with Gasteiger partial charge in [-0.25, -0.2) is 22.5 Å². The average molecular weight is 376 g/mol. The molecule has 0 radical (unpaired) electrons. The molecule has 0 fully saturated rings. The third-order valence-corrected chi connectivity index (χ3v) is 6.44.